The lowest BCUT2D eigenvalue weighted by atomic mass is 10.0. The van der Waals surface area contributed by atoms with E-state index in [0.29, 0.717) is 5.57 Å². The van der Waals surface area contributed by atoms with E-state index >= 15 is 0 Å². The number of carboxylic acids is 2. The maximum Gasteiger partial charge on any atom is 0.330 e. The van der Waals surface area contributed by atoms with Crippen LogP contribution >= 0.6 is 0 Å². The zero-order chi connectivity index (χ0) is 16.7. The van der Waals surface area contributed by atoms with E-state index in [-0.39, 0.29) is 0 Å². The zero-order valence-electron chi connectivity index (χ0n) is 13.6. The Morgan fingerprint density at radius 1 is 1.05 bits per heavy atom. The van der Waals surface area contributed by atoms with E-state index in [1.807, 2.05) is 6.08 Å². The molecule has 4 heteroatoms. The molecular weight excluding hydrogens is 268 g/mol. The van der Waals surface area contributed by atoms with Crippen LogP contribution in [0, 0.1) is 5.92 Å². The maximum atomic E-state index is 10.5. The molecule has 0 aromatic carbocycles. The Labute approximate surface area is 128 Å². The first-order valence-electron chi connectivity index (χ1n) is 7.56. The van der Waals surface area contributed by atoms with Gasteiger partial charge in [0.25, 0.3) is 0 Å². The summed E-state index contributed by atoms with van der Waals surface area (Å²) in [4.78, 5) is 19.7. The normalized spacial score (nSPS) is 10.8. The van der Waals surface area contributed by atoms with Gasteiger partial charge in [-0.15, -0.1) is 0 Å². The summed E-state index contributed by atoms with van der Waals surface area (Å²) < 4.78 is 0. The molecule has 0 aliphatic rings. The van der Waals surface area contributed by atoms with Crippen LogP contribution in [0.5, 0.6) is 0 Å². The van der Waals surface area contributed by atoms with Gasteiger partial charge in [0, 0.05) is 11.6 Å². The van der Waals surface area contributed by atoms with Crippen molar-refractivity contribution in [1.29, 1.82) is 0 Å². The van der Waals surface area contributed by atoms with Crippen LogP contribution in [-0.2, 0) is 9.59 Å². The van der Waals surface area contributed by atoms with Gasteiger partial charge in [0.05, 0.1) is 0 Å². The minimum Gasteiger partial charge on any atom is -0.478 e. The Hall–Kier alpha value is -1.58. The lowest BCUT2D eigenvalue weighted by Crippen LogP contribution is -1.95. The molecule has 0 saturated heterocycles. The maximum absolute atomic E-state index is 10.5. The summed E-state index contributed by atoms with van der Waals surface area (Å²) in [5.74, 6) is -0.955. The molecule has 0 bridgehead atoms. The van der Waals surface area contributed by atoms with Gasteiger partial charge in [-0.25, -0.2) is 9.59 Å². The number of carbonyl (C=O) groups is 2. The molecule has 0 fully saturated rings. The summed E-state index contributed by atoms with van der Waals surface area (Å²) in [5, 5.41) is 16.2. The number of hydrogen-bond acceptors (Lipinski definition) is 2. The average Bonchev–Trinajstić information content (AvgIpc) is 2.41. The third-order valence-electron chi connectivity index (χ3n) is 2.95. The number of hydrogen-bond donors (Lipinski definition) is 2. The molecule has 0 aliphatic heterocycles. The number of unbranched alkanes of at least 4 members (excludes halogenated alkanes) is 5. The molecule has 0 spiro atoms. The molecule has 122 valence electrons. The SMILES string of the molecule is C=CC(=O)O.CC(=CCCCCCCCC(C)C)C(=O)O. The number of aliphatic carboxylic acids is 2. The summed E-state index contributed by atoms with van der Waals surface area (Å²) in [6.45, 7) is 9.15. The van der Waals surface area contributed by atoms with E-state index in [9.17, 15) is 9.59 Å². The van der Waals surface area contributed by atoms with Crippen LogP contribution in [-0.4, -0.2) is 22.2 Å². The molecule has 0 rings (SSSR count). The molecule has 0 radical (unpaired) electrons. The van der Waals surface area contributed by atoms with E-state index in [1.54, 1.807) is 6.92 Å². The first-order valence-corrected chi connectivity index (χ1v) is 7.56. The van der Waals surface area contributed by atoms with Crippen LogP contribution in [0.15, 0.2) is 24.3 Å². The molecule has 0 unspecified atom stereocenters. The third-order valence-corrected chi connectivity index (χ3v) is 2.95. The van der Waals surface area contributed by atoms with Gasteiger partial charge >= 0.3 is 11.9 Å². The molecule has 0 aromatic heterocycles. The molecule has 2 N–H and O–H groups in total. The Morgan fingerprint density at radius 3 is 1.95 bits per heavy atom. The van der Waals surface area contributed by atoms with Crippen molar-refractivity contribution in [3.63, 3.8) is 0 Å². The van der Waals surface area contributed by atoms with Gasteiger partial charge in [0.1, 0.15) is 0 Å². The van der Waals surface area contributed by atoms with Crippen LogP contribution in [0.2, 0.25) is 0 Å². The molecule has 0 saturated carbocycles. The molecule has 0 aliphatic carbocycles. The molecule has 0 heterocycles. The van der Waals surface area contributed by atoms with E-state index in [0.717, 1.165) is 24.8 Å². The molecule has 0 atom stereocenters. The average molecular weight is 298 g/mol. The molecule has 4 nitrogen and oxygen atoms in total. The van der Waals surface area contributed by atoms with Crippen LogP contribution in [0.25, 0.3) is 0 Å². The third kappa shape index (κ3) is 20.9. The predicted molar refractivity (Wildman–Crippen MR) is 86.4 cm³/mol. The van der Waals surface area contributed by atoms with Crippen LogP contribution in [0.4, 0.5) is 0 Å². The molecule has 21 heavy (non-hydrogen) atoms. The van der Waals surface area contributed by atoms with Gasteiger partial charge in [-0.3, -0.25) is 0 Å². The summed E-state index contributed by atoms with van der Waals surface area (Å²) in [7, 11) is 0. The Bertz CT molecular complexity index is 330. The van der Waals surface area contributed by atoms with Gasteiger partial charge in [-0.05, 0) is 25.7 Å². The van der Waals surface area contributed by atoms with Crippen molar-refractivity contribution >= 4 is 11.9 Å². The smallest absolute Gasteiger partial charge is 0.330 e. The lowest BCUT2D eigenvalue weighted by molar-refractivity contribution is -0.133. The molecule has 0 aromatic rings. The fraction of sp³-hybridized carbons (Fsp3) is 0.647. The topological polar surface area (TPSA) is 74.6 Å². The number of allylic oxidation sites excluding steroid dienone is 1. The van der Waals surface area contributed by atoms with Crippen molar-refractivity contribution in [2.45, 2.75) is 65.7 Å². The highest BCUT2D eigenvalue weighted by molar-refractivity contribution is 5.85. The second kappa shape index (κ2) is 14.8. The van der Waals surface area contributed by atoms with Gasteiger partial charge in [-0.2, -0.15) is 0 Å². The van der Waals surface area contributed by atoms with Crippen molar-refractivity contribution in [1.82, 2.24) is 0 Å². The van der Waals surface area contributed by atoms with Crippen molar-refractivity contribution in [2.75, 3.05) is 0 Å². The van der Waals surface area contributed by atoms with Crippen LogP contribution in [0.1, 0.15) is 65.7 Å². The molecule has 0 amide bonds. The molecular formula is C17H30O4. The van der Waals surface area contributed by atoms with Crippen molar-refractivity contribution in [3.8, 4) is 0 Å². The highest BCUT2D eigenvalue weighted by Crippen LogP contribution is 2.11. The highest BCUT2D eigenvalue weighted by Gasteiger charge is 1.98. The largest absolute Gasteiger partial charge is 0.478 e. The number of rotatable bonds is 10. The van der Waals surface area contributed by atoms with Gasteiger partial charge in [-0.1, -0.05) is 58.6 Å². The Kier molecular flexibility index (Phi) is 15.3. The standard InChI is InChI=1S/C14H26O2.C3H4O2/c1-12(2)10-8-6-4-5-7-9-11-13(3)14(15)16;1-2-3(4)5/h11-12H,4-10H2,1-3H3,(H,15,16);2H,1H2,(H,4,5). The van der Waals surface area contributed by atoms with E-state index in [2.05, 4.69) is 20.4 Å². The predicted octanol–water partition coefficient (Wildman–Crippen LogP) is 4.66. The fourth-order valence-corrected chi connectivity index (χ4v) is 1.63. The quantitative estimate of drug-likeness (QED) is 0.454. The Morgan fingerprint density at radius 2 is 1.52 bits per heavy atom. The second-order valence-electron chi connectivity index (χ2n) is 5.47. The van der Waals surface area contributed by atoms with Crippen molar-refractivity contribution in [2.24, 2.45) is 5.92 Å². The van der Waals surface area contributed by atoms with Crippen molar-refractivity contribution in [3.05, 3.63) is 24.3 Å². The summed E-state index contributed by atoms with van der Waals surface area (Å²) >= 11 is 0. The van der Waals surface area contributed by atoms with Gasteiger partial charge < -0.3 is 10.2 Å². The van der Waals surface area contributed by atoms with Crippen LogP contribution < -0.4 is 0 Å². The minimum absolute atomic E-state index is 0.472. The van der Waals surface area contributed by atoms with Crippen LogP contribution in [0.3, 0.4) is 0 Å². The van der Waals surface area contributed by atoms with E-state index in [1.165, 1.54) is 32.1 Å². The Balaban J connectivity index is 0. The minimum atomic E-state index is -0.981. The van der Waals surface area contributed by atoms with E-state index in [4.69, 9.17) is 10.2 Å². The monoisotopic (exact) mass is 298 g/mol. The zero-order valence-corrected chi connectivity index (χ0v) is 13.6. The van der Waals surface area contributed by atoms with E-state index < -0.39 is 11.9 Å². The fourth-order valence-electron chi connectivity index (χ4n) is 1.63. The number of carboxylic acid groups (broad SMARTS) is 2. The highest BCUT2D eigenvalue weighted by atomic mass is 16.4. The van der Waals surface area contributed by atoms with Gasteiger partial charge in [0.15, 0.2) is 0 Å². The summed E-state index contributed by atoms with van der Waals surface area (Å²) in [5.41, 5.74) is 0.472. The van der Waals surface area contributed by atoms with Crippen molar-refractivity contribution < 1.29 is 19.8 Å². The first-order chi connectivity index (χ1) is 9.81. The lowest BCUT2D eigenvalue weighted by Gasteiger charge is -2.03. The first kappa shape index (κ1) is 21.7. The van der Waals surface area contributed by atoms with Gasteiger partial charge in [0.2, 0.25) is 0 Å². The second-order valence-corrected chi connectivity index (χ2v) is 5.47. The summed E-state index contributed by atoms with van der Waals surface area (Å²) in [6, 6.07) is 0. The summed E-state index contributed by atoms with van der Waals surface area (Å²) in [6.07, 6.45) is 11.2.